The molecule has 0 N–H and O–H groups in total. The first-order chi connectivity index (χ1) is 19.1. The van der Waals surface area contributed by atoms with Crippen LogP contribution in [0.4, 0.5) is 11.4 Å². The van der Waals surface area contributed by atoms with E-state index in [1.165, 1.54) is 0 Å². The maximum Gasteiger partial charge on any atom is 0.256 e. The molecule has 204 valence electrons. The zero-order chi connectivity index (χ0) is 26.9. The third kappa shape index (κ3) is 4.79. The molecule has 10 nitrogen and oxygen atoms in total. The molecule has 4 aliphatic heterocycles. The maximum absolute atomic E-state index is 13.2. The highest BCUT2D eigenvalue weighted by Gasteiger charge is 2.40. The van der Waals surface area contributed by atoms with Crippen molar-refractivity contribution in [1.82, 2.24) is 9.80 Å². The van der Waals surface area contributed by atoms with Crippen molar-refractivity contribution in [2.45, 2.75) is 43.6 Å². The topological polar surface area (TPSA) is 102 Å². The van der Waals surface area contributed by atoms with Gasteiger partial charge < -0.3 is 28.7 Å². The Bertz CT molecular complexity index is 1230. The van der Waals surface area contributed by atoms with E-state index in [4.69, 9.17) is 18.9 Å². The van der Waals surface area contributed by atoms with Crippen molar-refractivity contribution in [3.63, 3.8) is 0 Å². The number of rotatable bonds is 8. The van der Waals surface area contributed by atoms with E-state index in [-0.39, 0.29) is 36.1 Å². The number of fused-ring (bicyclic) bond motifs is 4. The first-order valence-electron chi connectivity index (χ1n) is 13.4. The zero-order valence-corrected chi connectivity index (χ0v) is 22.1. The molecule has 4 heterocycles. The Hall–Kier alpha value is -3.76. The molecule has 2 aromatic carbocycles. The van der Waals surface area contributed by atoms with E-state index in [9.17, 15) is 9.59 Å². The number of carbonyl (C=O) groups is 2. The van der Waals surface area contributed by atoms with Crippen molar-refractivity contribution in [2.24, 2.45) is 9.98 Å². The third-order valence-electron chi connectivity index (χ3n) is 7.87. The quantitative estimate of drug-likeness (QED) is 0.483. The minimum Gasteiger partial charge on any atom is -0.497 e. The van der Waals surface area contributed by atoms with E-state index in [0.717, 1.165) is 12.8 Å². The van der Waals surface area contributed by atoms with Crippen LogP contribution in [-0.4, -0.2) is 98.9 Å². The lowest BCUT2D eigenvalue weighted by Crippen LogP contribution is -2.41. The summed E-state index contributed by atoms with van der Waals surface area (Å²) in [4.78, 5) is 39.2. The highest BCUT2D eigenvalue weighted by atomic mass is 16.5. The summed E-state index contributed by atoms with van der Waals surface area (Å²) in [6.07, 6.45) is 5.65. The number of ether oxygens (including phenoxy) is 4. The lowest BCUT2D eigenvalue weighted by atomic mass is 10.1. The number of methoxy groups -OCH3 is 2. The van der Waals surface area contributed by atoms with Crippen LogP contribution in [0, 0.1) is 0 Å². The molecule has 10 heteroatoms. The van der Waals surface area contributed by atoms with E-state index < -0.39 is 0 Å². The average Bonchev–Trinajstić information content (AvgIpc) is 3.49. The standard InChI is InChI=1S/C29H32N4O6/c1-36-18-4-6-22-20(14-18)28(34)32-10-8-26(24(32)16-30-22)38-12-3-13-39-27-9-11-33-25(27)17-31-23-7-5-19(37-2)15-21(23)29(33)35/h4-7,14-17,24-27H,3,8-13H2,1-2H3/t24-,25-,26?,27?/m1/s1. The first-order valence-corrected chi connectivity index (χ1v) is 13.4. The highest BCUT2D eigenvalue weighted by molar-refractivity contribution is 6.04. The Morgan fingerprint density at radius 2 is 1.21 bits per heavy atom. The van der Waals surface area contributed by atoms with Crippen LogP contribution in [0.5, 0.6) is 11.5 Å². The minimum atomic E-state index is -0.200. The predicted octanol–water partition coefficient (Wildman–Crippen LogP) is 3.43. The number of hydrogen-bond donors (Lipinski definition) is 0. The number of nitrogens with zero attached hydrogens (tertiary/aromatic N) is 4. The molecular formula is C29H32N4O6. The van der Waals surface area contributed by atoms with Crippen LogP contribution in [0.25, 0.3) is 0 Å². The highest BCUT2D eigenvalue weighted by Crippen LogP contribution is 2.34. The van der Waals surface area contributed by atoms with Gasteiger partial charge in [0.25, 0.3) is 11.8 Å². The molecule has 0 bridgehead atoms. The van der Waals surface area contributed by atoms with E-state index in [1.807, 2.05) is 46.5 Å². The van der Waals surface area contributed by atoms with Gasteiger partial charge in [-0.2, -0.15) is 0 Å². The van der Waals surface area contributed by atoms with Gasteiger partial charge in [-0.05, 0) is 55.7 Å². The number of amides is 2. The lowest BCUT2D eigenvalue weighted by molar-refractivity contribution is 0.00710. The third-order valence-corrected chi connectivity index (χ3v) is 7.87. The van der Waals surface area contributed by atoms with E-state index in [0.29, 0.717) is 66.7 Å². The normalized spacial score (nSPS) is 25.1. The molecule has 4 atom stereocenters. The number of carbonyl (C=O) groups excluding carboxylic acids is 2. The van der Waals surface area contributed by atoms with Gasteiger partial charge in [0.05, 0.1) is 61.0 Å². The zero-order valence-electron chi connectivity index (χ0n) is 22.1. The van der Waals surface area contributed by atoms with Gasteiger partial charge in [0.1, 0.15) is 11.5 Å². The minimum absolute atomic E-state index is 0.0492. The van der Waals surface area contributed by atoms with Crippen LogP contribution in [-0.2, 0) is 9.47 Å². The van der Waals surface area contributed by atoms with Gasteiger partial charge in [0.15, 0.2) is 0 Å². The predicted molar refractivity (Wildman–Crippen MR) is 145 cm³/mol. The molecule has 0 aromatic heterocycles. The van der Waals surface area contributed by atoms with Gasteiger partial charge in [-0.3, -0.25) is 19.6 Å². The molecular weight excluding hydrogens is 500 g/mol. The Morgan fingerprint density at radius 3 is 1.64 bits per heavy atom. The second kappa shape index (κ2) is 10.8. The summed E-state index contributed by atoms with van der Waals surface area (Å²) in [5.41, 5.74) is 2.40. The summed E-state index contributed by atoms with van der Waals surface area (Å²) < 4.78 is 23.0. The molecule has 4 aliphatic rings. The lowest BCUT2D eigenvalue weighted by Gasteiger charge is -2.24. The molecule has 2 fully saturated rings. The van der Waals surface area contributed by atoms with Gasteiger partial charge in [-0.25, -0.2) is 0 Å². The van der Waals surface area contributed by atoms with Crippen molar-refractivity contribution >= 4 is 35.6 Å². The monoisotopic (exact) mass is 532 g/mol. The Morgan fingerprint density at radius 1 is 0.744 bits per heavy atom. The fourth-order valence-electron chi connectivity index (χ4n) is 5.77. The number of aliphatic imine (C=N–C) groups is 2. The fourth-order valence-corrected chi connectivity index (χ4v) is 5.77. The summed E-state index contributed by atoms with van der Waals surface area (Å²) in [6.45, 7) is 2.26. The molecule has 2 saturated heterocycles. The summed E-state index contributed by atoms with van der Waals surface area (Å²) >= 11 is 0. The molecule has 2 aromatic rings. The van der Waals surface area contributed by atoms with Gasteiger partial charge in [-0.1, -0.05) is 0 Å². The van der Waals surface area contributed by atoms with Gasteiger partial charge in [0, 0.05) is 38.7 Å². The second-order valence-corrected chi connectivity index (χ2v) is 10.1. The first kappa shape index (κ1) is 25.5. The van der Waals surface area contributed by atoms with Crippen molar-refractivity contribution in [3.05, 3.63) is 47.5 Å². The summed E-state index contributed by atoms with van der Waals surface area (Å²) in [7, 11) is 3.17. The molecule has 0 radical (unpaired) electrons. The Balaban J connectivity index is 1.01. The van der Waals surface area contributed by atoms with E-state index in [2.05, 4.69) is 9.98 Å². The van der Waals surface area contributed by atoms with Crippen LogP contribution in [0.1, 0.15) is 40.0 Å². The summed E-state index contributed by atoms with van der Waals surface area (Å²) in [5, 5.41) is 0. The SMILES string of the molecule is COc1ccc2c(c1)C(=O)N1CCC(OCCCOC3CCN4C(=O)c5cc(OC)ccc5N=C[C@H]34)[C@H]1C=N2. The molecule has 39 heavy (non-hydrogen) atoms. The smallest absolute Gasteiger partial charge is 0.256 e. The second-order valence-electron chi connectivity index (χ2n) is 10.1. The summed E-state index contributed by atoms with van der Waals surface area (Å²) in [5.74, 6) is 1.17. The van der Waals surface area contributed by atoms with Crippen molar-refractivity contribution in [2.75, 3.05) is 40.5 Å². The van der Waals surface area contributed by atoms with Crippen LogP contribution >= 0.6 is 0 Å². The maximum atomic E-state index is 13.2. The Kier molecular flexibility index (Phi) is 7.05. The number of hydrogen-bond acceptors (Lipinski definition) is 8. The summed E-state index contributed by atoms with van der Waals surface area (Å²) in [6, 6.07) is 10.3. The van der Waals surface area contributed by atoms with Crippen LogP contribution in [0.15, 0.2) is 46.4 Å². The van der Waals surface area contributed by atoms with Crippen LogP contribution in [0.2, 0.25) is 0 Å². The molecule has 0 aliphatic carbocycles. The van der Waals surface area contributed by atoms with Crippen LogP contribution < -0.4 is 9.47 Å². The molecule has 0 saturated carbocycles. The molecule has 0 spiro atoms. The molecule has 2 unspecified atom stereocenters. The van der Waals surface area contributed by atoms with Gasteiger partial charge >= 0.3 is 0 Å². The molecule has 6 rings (SSSR count). The fraction of sp³-hybridized carbons (Fsp3) is 0.448. The van der Waals surface area contributed by atoms with Crippen molar-refractivity contribution in [3.8, 4) is 11.5 Å². The largest absolute Gasteiger partial charge is 0.497 e. The van der Waals surface area contributed by atoms with Gasteiger partial charge in [0.2, 0.25) is 0 Å². The van der Waals surface area contributed by atoms with Crippen molar-refractivity contribution in [1.29, 1.82) is 0 Å². The Labute approximate surface area is 227 Å². The molecule has 2 amide bonds. The van der Waals surface area contributed by atoms with Crippen LogP contribution in [0.3, 0.4) is 0 Å². The van der Waals surface area contributed by atoms with Crippen molar-refractivity contribution < 1.29 is 28.5 Å². The number of benzene rings is 2. The average molecular weight is 533 g/mol. The van der Waals surface area contributed by atoms with E-state index >= 15 is 0 Å². The van der Waals surface area contributed by atoms with E-state index in [1.54, 1.807) is 26.4 Å². The van der Waals surface area contributed by atoms with Gasteiger partial charge in [-0.15, -0.1) is 0 Å².